The minimum Gasteiger partial charge on any atom is -0.467 e. The summed E-state index contributed by atoms with van der Waals surface area (Å²) in [7, 11) is 0. The van der Waals surface area contributed by atoms with Crippen molar-refractivity contribution in [2.24, 2.45) is 17.6 Å². The van der Waals surface area contributed by atoms with Crippen molar-refractivity contribution in [2.75, 3.05) is 6.54 Å². The minimum atomic E-state index is -0.555. The van der Waals surface area contributed by atoms with Crippen LogP contribution in [0.3, 0.4) is 0 Å². The number of furan rings is 1. The van der Waals surface area contributed by atoms with Crippen LogP contribution in [0.5, 0.6) is 0 Å². The van der Waals surface area contributed by atoms with Crippen LogP contribution in [0.4, 0.5) is 4.79 Å². The van der Waals surface area contributed by atoms with Crippen molar-refractivity contribution in [1.82, 2.24) is 10.6 Å². The molecule has 0 aliphatic carbocycles. The van der Waals surface area contributed by atoms with E-state index >= 15 is 0 Å². The number of carbonyl (C=O) groups excluding carboxylic acids is 2. The summed E-state index contributed by atoms with van der Waals surface area (Å²) >= 11 is 0. The van der Waals surface area contributed by atoms with E-state index in [2.05, 4.69) is 36.6 Å². The third-order valence-corrected chi connectivity index (χ3v) is 4.17. The van der Waals surface area contributed by atoms with Gasteiger partial charge in [-0.1, -0.05) is 44.2 Å². The Labute approximate surface area is 147 Å². The SMILES string of the molecule is CC(C)[C@H](CNC(=O)NCc1cc(C(N)=O)co1)Cc1ccccc1. The molecule has 2 aromatic rings. The molecule has 0 unspecified atom stereocenters. The molecule has 4 N–H and O–H groups in total. The second-order valence-electron chi connectivity index (χ2n) is 6.42. The van der Waals surface area contributed by atoms with Crippen LogP contribution in [-0.4, -0.2) is 18.5 Å². The van der Waals surface area contributed by atoms with Gasteiger partial charge in [0.2, 0.25) is 0 Å². The molecule has 0 aliphatic heterocycles. The fourth-order valence-electron chi connectivity index (χ4n) is 2.52. The van der Waals surface area contributed by atoms with Gasteiger partial charge in [0.15, 0.2) is 0 Å². The summed E-state index contributed by atoms with van der Waals surface area (Å²) in [6, 6.07) is 11.5. The largest absolute Gasteiger partial charge is 0.467 e. The van der Waals surface area contributed by atoms with Gasteiger partial charge in [-0.05, 0) is 29.9 Å². The number of hydrogen-bond donors (Lipinski definition) is 3. The summed E-state index contributed by atoms with van der Waals surface area (Å²) in [5.74, 6) is 0.718. The van der Waals surface area contributed by atoms with Crippen molar-refractivity contribution in [3.05, 3.63) is 59.5 Å². The minimum absolute atomic E-state index is 0.199. The summed E-state index contributed by atoms with van der Waals surface area (Å²) in [6.45, 7) is 5.09. The van der Waals surface area contributed by atoms with E-state index in [1.807, 2.05) is 18.2 Å². The maximum Gasteiger partial charge on any atom is 0.315 e. The lowest BCUT2D eigenvalue weighted by Gasteiger charge is -2.21. The van der Waals surface area contributed by atoms with Crippen LogP contribution in [0.2, 0.25) is 0 Å². The lowest BCUT2D eigenvalue weighted by atomic mass is 9.89. The third-order valence-electron chi connectivity index (χ3n) is 4.17. The highest BCUT2D eigenvalue weighted by atomic mass is 16.3. The molecule has 0 bridgehead atoms. The van der Waals surface area contributed by atoms with E-state index in [0.717, 1.165) is 6.42 Å². The van der Waals surface area contributed by atoms with Crippen LogP contribution in [0.15, 0.2) is 47.1 Å². The number of benzene rings is 1. The normalized spacial score (nSPS) is 12.0. The molecule has 2 rings (SSSR count). The van der Waals surface area contributed by atoms with Gasteiger partial charge >= 0.3 is 6.03 Å². The summed E-state index contributed by atoms with van der Waals surface area (Å²) in [5, 5.41) is 5.61. The second kappa shape index (κ2) is 8.92. The first-order valence-electron chi connectivity index (χ1n) is 8.38. The Morgan fingerprint density at radius 3 is 2.48 bits per heavy atom. The zero-order valence-corrected chi connectivity index (χ0v) is 14.6. The number of primary amides is 1. The Morgan fingerprint density at radius 2 is 1.88 bits per heavy atom. The number of hydrogen-bond acceptors (Lipinski definition) is 3. The van der Waals surface area contributed by atoms with Gasteiger partial charge in [0.1, 0.15) is 12.0 Å². The number of nitrogens with two attached hydrogens (primary N) is 1. The second-order valence-corrected chi connectivity index (χ2v) is 6.42. The molecule has 0 spiro atoms. The van der Waals surface area contributed by atoms with Crippen molar-refractivity contribution in [2.45, 2.75) is 26.8 Å². The first-order valence-corrected chi connectivity index (χ1v) is 8.38. The highest BCUT2D eigenvalue weighted by Crippen LogP contribution is 2.16. The summed E-state index contributed by atoms with van der Waals surface area (Å²) in [4.78, 5) is 23.0. The van der Waals surface area contributed by atoms with E-state index in [-0.39, 0.29) is 12.6 Å². The predicted molar refractivity (Wildman–Crippen MR) is 95.9 cm³/mol. The van der Waals surface area contributed by atoms with Crippen molar-refractivity contribution in [3.63, 3.8) is 0 Å². The van der Waals surface area contributed by atoms with E-state index in [4.69, 9.17) is 10.2 Å². The molecule has 1 heterocycles. The van der Waals surface area contributed by atoms with Crippen LogP contribution < -0.4 is 16.4 Å². The van der Waals surface area contributed by atoms with Crippen molar-refractivity contribution >= 4 is 11.9 Å². The zero-order chi connectivity index (χ0) is 18.2. The Balaban J connectivity index is 1.79. The standard InChI is InChI=1S/C19H25N3O3/c1-13(2)15(8-14-6-4-3-5-7-14)10-21-19(24)22-11-17-9-16(12-25-17)18(20)23/h3-7,9,12-13,15H,8,10-11H2,1-2H3,(H2,20,23)(H2,21,22,24)/t15-/m0/s1. The van der Waals surface area contributed by atoms with E-state index in [1.54, 1.807) is 0 Å². The Kier molecular flexibility index (Phi) is 6.62. The van der Waals surface area contributed by atoms with Gasteiger partial charge in [-0.2, -0.15) is 0 Å². The molecule has 6 nitrogen and oxygen atoms in total. The molecule has 0 saturated carbocycles. The first-order chi connectivity index (χ1) is 12.0. The monoisotopic (exact) mass is 343 g/mol. The molecule has 134 valence electrons. The molecule has 1 aromatic heterocycles. The van der Waals surface area contributed by atoms with Crippen molar-refractivity contribution in [3.8, 4) is 0 Å². The van der Waals surface area contributed by atoms with Crippen LogP contribution in [0.25, 0.3) is 0 Å². The Hall–Kier alpha value is -2.76. The first kappa shape index (κ1) is 18.6. The van der Waals surface area contributed by atoms with Crippen LogP contribution >= 0.6 is 0 Å². The highest BCUT2D eigenvalue weighted by Gasteiger charge is 2.15. The lowest BCUT2D eigenvalue weighted by molar-refractivity contribution is 0.0999. The smallest absolute Gasteiger partial charge is 0.315 e. The van der Waals surface area contributed by atoms with Gasteiger partial charge in [-0.25, -0.2) is 4.79 Å². The molecule has 0 radical (unpaired) electrons. The molecule has 1 atom stereocenters. The molecular weight excluding hydrogens is 318 g/mol. The number of amides is 3. The van der Waals surface area contributed by atoms with Gasteiger partial charge in [-0.3, -0.25) is 4.79 Å². The lowest BCUT2D eigenvalue weighted by Crippen LogP contribution is -2.39. The van der Waals surface area contributed by atoms with Gasteiger partial charge in [0.05, 0.1) is 12.1 Å². The van der Waals surface area contributed by atoms with E-state index in [1.165, 1.54) is 17.9 Å². The summed E-state index contributed by atoms with van der Waals surface area (Å²) in [5.41, 5.74) is 6.71. The van der Waals surface area contributed by atoms with E-state index in [0.29, 0.717) is 29.7 Å². The maximum atomic E-state index is 12.0. The number of urea groups is 1. The molecule has 0 saturated heterocycles. The number of rotatable bonds is 8. The highest BCUT2D eigenvalue weighted by molar-refractivity contribution is 5.92. The number of nitrogens with one attached hydrogen (secondary N) is 2. The topological polar surface area (TPSA) is 97.4 Å². The molecule has 0 fully saturated rings. The Bertz CT molecular complexity index is 695. The molecule has 0 aliphatic rings. The summed E-state index contributed by atoms with van der Waals surface area (Å²) < 4.78 is 5.18. The van der Waals surface area contributed by atoms with Gasteiger partial charge < -0.3 is 20.8 Å². The van der Waals surface area contributed by atoms with E-state index < -0.39 is 5.91 Å². The molecular formula is C19H25N3O3. The average molecular weight is 343 g/mol. The predicted octanol–water partition coefficient (Wildman–Crippen LogP) is 2.69. The Morgan fingerprint density at radius 1 is 1.16 bits per heavy atom. The van der Waals surface area contributed by atoms with Crippen LogP contribution in [0.1, 0.15) is 35.5 Å². The fraction of sp³-hybridized carbons (Fsp3) is 0.368. The quantitative estimate of drug-likeness (QED) is 0.687. The van der Waals surface area contributed by atoms with Crippen molar-refractivity contribution < 1.29 is 14.0 Å². The fourth-order valence-corrected chi connectivity index (χ4v) is 2.52. The van der Waals surface area contributed by atoms with Crippen molar-refractivity contribution in [1.29, 1.82) is 0 Å². The number of carbonyl (C=O) groups is 2. The molecule has 1 aromatic carbocycles. The maximum absolute atomic E-state index is 12.0. The zero-order valence-electron chi connectivity index (χ0n) is 14.6. The molecule has 6 heteroatoms. The van der Waals surface area contributed by atoms with Gasteiger partial charge in [0.25, 0.3) is 5.91 Å². The molecule has 3 amide bonds. The van der Waals surface area contributed by atoms with Gasteiger partial charge in [-0.15, -0.1) is 0 Å². The third kappa shape index (κ3) is 5.99. The van der Waals surface area contributed by atoms with Gasteiger partial charge in [0, 0.05) is 6.54 Å². The van der Waals surface area contributed by atoms with Crippen LogP contribution in [0, 0.1) is 11.8 Å². The molecule has 25 heavy (non-hydrogen) atoms. The average Bonchev–Trinajstić information content (AvgIpc) is 3.06. The van der Waals surface area contributed by atoms with E-state index in [9.17, 15) is 9.59 Å². The van der Waals surface area contributed by atoms with Crippen LogP contribution in [-0.2, 0) is 13.0 Å². The summed E-state index contributed by atoms with van der Waals surface area (Å²) in [6.07, 6.45) is 2.20.